The van der Waals surface area contributed by atoms with Gasteiger partial charge >= 0.3 is 6.03 Å². The topological polar surface area (TPSA) is 61.4 Å². The number of para-hydroxylation sites is 1. The summed E-state index contributed by atoms with van der Waals surface area (Å²) in [7, 11) is 0. The second kappa shape index (κ2) is 4.91. The van der Waals surface area contributed by atoms with Crippen molar-refractivity contribution in [2.75, 3.05) is 18.4 Å². The van der Waals surface area contributed by atoms with Crippen LogP contribution in [-0.2, 0) is 4.79 Å². The summed E-state index contributed by atoms with van der Waals surface area (Å²) in [6.07, 6.45) is 2.43. The number of carbonyl (C=O) groups excluding carboxylic acids is 2. The Labute approximate surface area is 112 Å². The number of rotatable bonds is 1. The average molecular weight is 259 g/mol. The lowest BCUT2D eigenvalue weighted by molar-refractivity contribution is -0.116. The van der Waals surface area contributed by atoms with Crippen LogP contribution in [0.15, 0.2) is 24.3 Å². The van der Waals surface area contributed by atoms with Crippen LogP contribution in [0.3, 0.4) is 0 Å². The molecule has 0 spiro atoms. The molecule has 2 heterocycles. The van der Waals surface area contributed by atoms with Gasteiger partial charge in [0.2, 0.25) is 5.91 Å². The number of carbonyl (C=O) groups is 2. The molecule has 1 fully saturated rings. The molecule has 1 saturated heterocycles. The van der Waals surface area contributed by atoms with Crippen molar-refractivity contribution < 1.29 is 9.59 Å². The standard InChI is InChI=1S/C14H17N3O2/c18-13-9-12(10-5-1-2-6-11(10)15-13)16-14(19)17-7-3-4-8-17/h1-2,5-6,12H,3-4,7-9H2,(H,15,18)(H,16,19)/t12-/m1/s1. The molecule has 100 valence electrons. The van der Waals surface area contributed by atoms with E-state index in [1.807, 2.05) is 29.2 Å². The first-order chi connectivity index (χ1) is 9.24. The van der Waals surface area contributed by atoms with Crippen molar-refractivity contribution in [2.24, 2.45) is 0 Å². The monoisotopic (exact) mass is 259 g/mol. The van der Waals surface area contributed by atoms with Crippen molar-refractivity contribution in [3.63, 3.8) is 0 Å². The van der Waals surface area contributed by atoms with Gasteiger partial charge in [-0.25, -0.2) is 4.79 Å². The number of anilines is 1. The fourth-order valence-corrected chi connectivity index (χ4v) is 2.70. The number of benzene rings is 1. The summed E-state index contributed by atoms with van der Waals surface area (Å²) in [5, 5.41) is 5.80. The zero-order valence-electron chi connectivity index (χ0n) is 10.7. The molecule has 2 aliphatic heterocycles. The van der Waals surface area contributed by atoms with E-state index in [1.165, 1.54) is 0 Å². The molecule has 3 rings (SSSR count). The molecule has 2 aliphatic rings. The molecule has 0 aliphatic carbocycles. The molecule has 2 N–H and O–H groups in total. The molecule has 0 saturated carbocycles. The third-order valence-corrected chi connectivity index (χ3v) is 3.69. The van der Waals surface area contributed by atoms with Gasteiger partial charge in [-0.3, -0.25) is 4.79 Å². The van der Waals surface area contributed by atoms with Crippen LogP contribution in [-0.4, -0.2) is 29.9 Å². The van der Waals surface area contributed by atoms with Gasteiger partial charge in [0.1, 0.15) is 0 Å². The summed E-state index contributed by atoms with van der Waals surface area (Å²) in [5.41, 5.74) is 1.78. The molecule has 5 heteroatoms. The van der Waals surface area contributed by atoms with E-state index in [-0.39, 0.29) is 18.0 Å². The Morgan fingerprint density at radius 2 is 2.00 bits per heavy atom. The molecule has 0 unspecified atom stereocenters. The number of hydrogen-bond donors (Lipinski definition) is 2. The molecule has 1 aromatic carbocycles. The fraction of sp³-hybridized carbons (Fsp3) is 0.429. The summed E-state index contributed by atoms with van der Waals surface area (Å²) < 4.78 is 0. The summed E-state index contributed by atoms with van der Waals surface area (Å²) in [5.74, 6) is -0.0505. The molecule has 0 bridgehead atoms. The number of fused-ring (bicyclic) bond motifs is 1. The highest BCUT2D eigenvalue weighted by Gasteiger charge is 2.28. The van der Waals surface area contributed by atoms with E-state index in [0.29, 0.717) is 6.42 Å². The van der Waals surface area contributed by atoms with Crippen molar-refractivity contribution in [2.45, 2.75) is 25.3 Å². The Bertz CT molecular complexity index is 509. The first-order valence-electron chi connectivity index (χ1n) is 6.68. The molecule has 5 nitrogen and oxygen atoms in total. The van der Waals surface area contributed by atoms with Gasteiger partial charge in [0.05, 0.1) is 12.5 Å². The van der Waals surface area contributed by atoms with Crippen LogP contribution in [0, 0.1) is 0 Å². The maximum absolute atomic E-state index is 12.1. The number of likely N-dealkylation sites (tertiary alicyclic amines) is 1. The van der Waals surface area contributed by atoms with Gasteiger partial charge in [-0.15, -0.1) is 0 Å². The number of nitrogens with one attached hydrogen (secondary N) is 2. The van der Waals surface area contributed by atoms with Crippen LogP contribution < -0.4 is 10.6 Å². The van der Waals surface area contributed by atoms with E-state index < -0.39 is 0 Å². The Morgan fingerprint density at radius 3 is 2.79 bits per heavy atom. The average Bonchev–Trinajstić information content (AvgIpc) is 2.92. The Hall–Kier alpha value is -2.04. The minimum absolute atomic E-state index is 0.0505. The summed E-state index contributed by atoms with van der Waals surface area (Å²) in [6, 6.07) is 7.32. The van der Waals surface area contributed by atoms with E-state index in [4.69, 9.17) is 0 Å². The van der Waals surface area contributed by atoms with Gasteiger partial charge in [-0.05, 0) is 24.5 Å². The predicted octanol–water partition coefficient (Wildman–Crippen LogP) is 1.88. The van der Waals surface area contributed by atoms with Crippen LogP contribution in [0.2, 0.25) is 0 Å². The van der Waals surface area contributed by atoms with Crippen molar-refractivity contribution in [1.82, 2.24) is 10.2 Å². The van der Waals surface area contributed by atoms with E-state index in [0.717, 1.165) is 37.2 Å². The Morgan fingerprint density at radius 1 is 1.26 bits per heavy atom. The zero-order chi connectivity index (χ0) is 13.2. The molecular formula is C14H17N3O2. The SMILES string of the molecule is O=C1C[C@@H](NC(=O)N2CCCC2)c2ccccc2N1. The minimum Gasteiger partial charge on any atom is -0.331 e. The molecule has 0 aromatic heterocycles. The second-order valence-electron chi connectivity index (χ2n) is 5.04. The van der Waals surface area contributed by atoms with Crippen LogP contribution >= 0.6 is 0 Å². The highest BCUT2D eigenvalue weighted by molar-refractivity contribution is 5.95. The van der Waals surface area contributed by atoms with Gasteiger partial charge in [0, 0.05) is 18.8 Å². The highest BCUT2D eigenvalue weighted by atomic mass is 16.2. The molecule has 19 heavy (non-hydrogen) atoms. The Balaban J connectivity index is 1.77. The minimum atomic E-state index is -0.224. The largest absolute Gasteiger partial charge is 0.331 e. The molecule has 3 amide bonds. The van der Waals surface area contributed by atoms with Gasteiger partial charge in [0.25, 0.3) is 0 Å². The van der Waals surface area contributed by atoms with E-state index in [2.05, 4.69) is 10.6 Å². The molecule has 1 aromatic rings. The zero-order valence-corrected chi connectivity index (χ0v) is 10.7. The van der Waals surface area contributed by atoms with Gasteiger partial charge in [-0.1, -0.05) is 18.2 Å². The smallest absolute Gasteiger partial charge is 0.317 e. The first kappa shape index (κ1) is 12.0. The normalized spacial score (nSPS) is 21.8. The predicted molar refractivity (Wildman–Crippen MR) is 71.8 cm³/mol. The Kier molecular flexibility index (Phi) is 3.11. The van der Waals surface area contributed by atoms with Crippen LogP contribution in [0.5, 0.6) is 0 Å². The van der Waals surface area contributed by atoms with Gasteiger partial charge in [0.15, 0.2) is 0 Å². The third-order valence-electron chi connectivity index (χ3n) is 3.69. The van der Waals surface area contributed by atoms with E-state index in [1.54, 1.807) is 0 Å². The van der Waals surface area contributed by atoms with E-state index in [9.17, 15) is 9.59 Å². The maximum Gasteiger partial charge on any atom is 0.317 e. The van der Waals surface area contributed by atoms with Gasteiger partial charge < -0.3 is 15.5 Å². The van der Waals surface area contributed by atoms with Crippen molar-refractivity contribution in [1.29, 1.82) is 0 Å². The lowest BCUT2D eigenvalue weighted by Gasteiger charge is -2.28. The summed E-state index contributed by atoms with van der Waals surface area (Å²) in [4.78, 5) is 25.6. The number of nitrogens with zero attached hydrogens (tertiary/aromatic N) is 1. The number of amides is 3. The quantitative estimate of drug-likeness (QED) is 0.809. The third kappa shape index (κ3) is 2.41. The van der Waals surface area contributed by atoms with Crippen molar-refractivity contribution in [3.05, 3.63) is 29.8 Å². The lowest BCUT2D eigenvalue weighted by atomic mass is 9.97. The van der Waals surface area contributed by atoms with E-state index >= 15 is 0 Å². The second-order valence-corrected chi connectivity index (χ2v) is 5.04. The van der Waals surface area contributed by atoms with Crippen LogP contribution in [0.1, 0.15) is 30.9 Å². The summed E-state index contributed by atoms with van der Waals surface area (Å²) >= 11 is 0. The molecular weight excluding hydrogens is 242 g/mol. The molecule has 0 radical (unpaired) electrons. The fourth-order valence-electron chi connectivity index (χ4n) is 2.70. The first-order valence-corrected chi connectivity index (χ1v) is 6.68. The lowest BCUT2D eigenvalue weighted by Crippen LogP contribution is -2.42. The number of urea groups is 1. The van der Waals surface area contributed by atoms with Crippen LogP contribution in [0.4, 0.5) is 10.5 Å². The summed E-state index contributed by atoms with van der Waals surface area (Å²) in [6.45, 7) is 1.62. The van der Waals surface area contributed by atoms with Crippen LogP contribution in [0.25, 0.3) is 0 Å². The van der Waals surface area contributed by atoms with Crippen molar-refractivity contribution >= 4 is 17.6 Å². The van der Waals surface area contributed by atoms with Crippen molar-refractivity contribution in [3.8, 4) is 0 Å². The maximum atomic E-state index is 12.1. The highest BCUT2D eigenvalue weighted by Crippen LogP contribution is 2.30. The number of hydrogen-bond acceptors (Lipinski definition) is 2. The molecule has 1 atom stereocenters. The van der Waals surface area contributed by atoms with Gasteiger partial charge in [-0.2, -0.15) is 0 Å².